The standard InChI is InChI=1S/C14H17ClN2O3/c15-12-8-4-3-7-11(12)14(19)16-9-13(18)17-20-10-5-1-2-6-10/h3-4,7-8,10H,1-2,5-6,9H2,(H,16,19)(H,17,18). The third-order valence-corrected chi connectivity index (χ3v) is 3.50. The van der Waals surface area contributed by atoms with Gasteiger partial charge in [-0.2, -0.15) is 0 Å². The molecule has 20 heavy (non-hydrogen) atoms. The summed E-state index contributed by atoms with van der Waals surface area (Å²) < 4.78 is 0. The first-order valence-corrected chi connectivity index (χ1v) is 7.02. The number of benzene rings is 1. The lowest BCUT2D eigenvalue weighted by atomic mass is 10.2. The molecular formula is C14H17ClN2O3. The number of carbonyl (C=O) groups excluding carboxylic acids is 2. The molecule has 0 aliphatic heterocycles. The van der Waals surface area contributed by atoms with E-state index in [1.54, 1.807) is 24.3 Å². The van der Waals surface area contributed by atoms with E-state index in [1.165, 1.54) is 0 Å². The lowest BCUT2D eigenvalue weighted by Gasteiger charge is -2.12. The Hall–Kier alpha value is -1.59. The molecule has 1 aromatic carbocycles. The van der Waals surface area contributed by atoms with Crippen molar-refractivity contribution in [3.63, 3.8) is 0 Å². The Labute approximate surface area is 122 Å². The van der Waals surface area contributed by atoms with Crippen LogP contribution in [0.5, 0.6) is 0 Å². The molecule has 0 saturated heterocycles. The molecule has 1 aliphatic carbocycles. The Morgan fingerprint density at radius 1 is 1.25 bits per heavy atom. The molecule has 0 bridgehead atoms. The van der Waals surface area contributed by atoms with Crippen molar-refractivity contribution < 1.29 is 14.4 Å². The van der Waals surface area contributed by atoms with Crippen molar-refractivity contribution in [3.05, 3.63) is 34.9 Å². The molecule has 0 aromatic heterocycles. The minimum atomic E-state index is -0.383. The van der Waals surface area contributed by atoms with E-state index in [0.717, 1.165) is 25.7 Å². The van der Waals surface area contributed by atoms with Crippen molar-refractivity contribution in [2.75, 3.05) is 6.54 Å². The highest BCUT2D eigenvalue weighted by atomic mass is 35.5. The first-order valence-electron chi connectivity index (χ1n) is 6.64. The zero-order valence-electron chi connectivity index (χ0n) is 11.0. The first-order chi connectivity index (χ1) is 9.66. The number of hydrogen-bond donors (Lipinski definition) is 2. The maximum atomic E-state index is 11.8. The highest BCUT2D eigenvalue weighted by molar-refractivity contribution is 6.33. The van der Waals surface area contributed by atoms with E-state index in [0.29, 0.717) is 10.6 Å². The summed E-state index contributed by atoms with van der Waals surface area (Å²) in [6.07, 6.45) is 4.28. The predicted octanol–water partition coefficient (Wildman–Crippen LogP) is 2.06. The lowest BCUT2D eigenvalue weighted by Crippen LogP contribution is -2.38. The highest BCUT2D eigenvalue weighted by Gasteiger charge is 2.17. The molecule has 0 unspecified atom stereocenters. The second kappa shape index (κ2) is 7.26. The van der Waals surface area contributed by atoms with Crippen LogP contribution in [0.15, 0.2) is 24.3 Å². The third-order valence-electron chi connectivity index (χ3n) is 3.17. The average molecular weight is 297 g/mol. The molecule has 0 radical (unpaired) electrons. The molecule has 0 atom stereocenters. The van der Waals surface area contributed by atoms with E-state index in [2.05, 4.69) is 10.8 Å². The number of carbonyl (C=O) groups is 2. The Morgan fingerprint density at radius 2 is 1.95 bits per heavy atom. The minimum Gasteiger partial charge on any atom is -0.343 e. The monoisotopic (exact) mass is 296 g/mol. The molecule has 1 aromatic rings. The van der Waals surface area contributed by atoms with Gasteiger partial charge in [0.25, 0.3) is 11.8 Å². The van der Waals surface area contributed by atoms with E-state index < -0.39 is 0 Å². The minimum absolute atomic E-state index is 0.0956. The van der Waals surface area contributed by atoms with Crippen LogP contribution in [0.2, 0.25) is 5.02 Å². The van der Waals surface area contributed by atoms with Crippen molar-refractivity contribution >= 4 is 23.4 Å². The van der Waals surface area contributed by atoms with Crippen LogP contribution < -0.4 is 10.8 Å². The number of nitrogens with one attached hydrogen (secondary N) is 2. The first kappa shape index (κ1) is 14.8. The third kappa shape index (κ3) is 4.21. The number of rotatable bonds is 5. The van der Waals surface area contributed by atoms with Crippen molar-refractivity contribution in [1.82, 2.24) is 10.8 Å². The van der Waals surface area contributed by atoms with Gasteiger partial charge in [0.2, 0.25) is 0 Å². The molecule has 1 aliphatic rings. The molecule has 2 N–H and O–H groups in total. The van der Waals surface area contributed by atoms with Crippen LogP contribution >= 0.6 is 11.6 Å². The molecular weight excluding hydrogens is 280 g/mol. The van der Waals surface area contributed by atoms with Gasteiger partial charge in [-0.1, -0.05) is 36.6 Å². The van der Waals surface area contributed by atoms with Gasteiger partial charge in [-0.15, -0.1) is 0 Å². The number of halogens is 1. The van der Waals surface area contributed by atoms with Crippen molar-refractivity contribution in [3.8, 4) is 0 Å². The quantitative estimate of drug-likeness (QED) is 0.817. The Morgan fingerprint density at radius 3 is 2.65 bits per heavy atom. The maximum Gasteiger partial charge on any atom is 0.262 e. The highest BCUT2D eigenvalue weighted by Crippen LogP contribution is 2.19. The van der Waals surface area contributed by atoms with Gasteiger partial charge in [-0.3, -0.25) is 14.4 Å². The summed E-state index contributed by atoms with van der Waals surface area (Å²) in [7, 11) is 0. The molecule has 0 spiro atoms. The number of hydrogen-bond acceptors (Lipinski definition) is 3. The van der Waals surface area contributed by atoms with Crippen LogP contribution in [0.3, 0.4) is 0 Å². The van der Waals surface area contributed by atoms with Crippen LogP contribution in [-0.4, -0.2) is 24.5 Å². The van der Waals surface area contributed by atoms with Gasteiger partial charge in [0.1, 0.15) is 0 Å². The Balaban J connectivity index is 1.72. The van der Waals surface area contributed by atoms with E-state index in [1.807, 2.05) is 0 Å². The maximum absolute atomic E-state index is 11.8. The topological polar surface area (TPSA) is 67.4 Å². The smallest absolute Gasteiger partial charge is 0.262 e. The summed E-state index contributed by atoms with van der Waals surface area (Å²) in [5.74, 6) is -0.760. The molecule has 1 fully saturated rings. The van der Waals surface area contributed by atoms with Crippen LogP contribution in [0.1, 0.15) is 36.0 Å². The normalized spacial score (nSPS) is 15.1. The fourth-order valence-electron chi connectivity index (χ4n) is 2.09. The van der Waals surface area contributed by atoms with Crippen molar-refractivity contribution in [1.29, 1.82) is 0 Å². The van der Waals surface area contributed by atoms with Crippen LogP contribution in [-0.2, 0) is 9.63 Å². The molecule has 6 heteroatoms. The van der Waals surface area contributed by atoms with Crippen molar-refractivity contribution in [2.45, 2.75) is 31.8 Å². The van der Waals surface area contributed by atoms with Gasteiger partial charge in [-0.05, 0) is 25.0 Å². The summed E-state index contributed by atoms with van der Waals surface area (Å²) in [6, 6.07) is 6.68. The van der Waals surface area contributed by atoms with Crippen LogP contribution in [0, 0.1) is 0 Å². The van der Waals surface area contributed by atoms with E-state index >= 15 is 0 Å². The fourth-order valence-corrected chi connectivity index (χ4v) is 2.31. The van der Waals surface area contributed by atoms with E-state index in [4.69, 9.17) is 16.4 Å². The molecule has 2 amide bonds. The summed E-state index contributed by atoms with van der Waals surface area (Å²) in [4.78, 5) is 28.6. The average Bonchev–Trinajstić information content (AvgIpc) is 2.96. The van der Waals surface area contributed by atoms with Gasteiger partial charge in [-0.25, -0.2) is 5.48 Å². The number of hydroxylamine groups is 1. The Kier molecular flexibility index (Phi) is 5.38. The molecule has 5 nitrogen and oxygen atoms in total. The molecule has 108 valence electrons. The lowest BCUT2D eigenvalue weighted by molar-refractivity contribution is -0.137. The van der Waals surface area contributed by atoms with Gasteiger partial charge in [0.15, 0.2) is 0 Å². The van der Waals surface area contributed by atoms with Crippen LogP contribution in [0.25, 0.3) is 0 Å². The summed E-state index contributed by atoms with van der Waals surface area (Å²) in [5, 5.41) is 2.85. The zero-order valence-corrected chi connectivity index (χ0v) is 11.8. The summed E-state index contributed by atoms with van der Waals surface area (Å²) in [6.45, 7) is -0.142. The van der Waals surface area contributed by atoms with E-state index in [9.17, 15) is 9.59 Å². The second-order valence-electron chi connectivity index (χ2n) is 4.71. The van der Waals surface area contributed by atoms with Gasteiger partial charge in [0, 0.05) is 0 Å². The molecule has 0 heterocycles. The van der Waals surface area contributed by atoms with Gasteiger partial charge in [0.05, 0.1) is 23.2 Å². The van der Waals surface area contributed by atoms with Crippen molar-refractivity contribution in [2.24, 2.45) is 0 Å². The zero-order chi connectivity index (χ0) is 14.4. The molecule has 1 saturated carbocycles. The van der Waals surface area contributed by atoms with Crippen LogP contribution in [0.4, 0.5) is 0 Å². The second-order valence-corrected chi connectivity index (χ2v) is 5.12. The number of amides is 2. The molecule has 2 rings (SSSR count). The predicted molar refractivity (Wildman–Crippen MR) is 75.3 cm³/mol. The SMILES string of the molecule is O=C(CNC(=O)c1ccccc1Cl)NOC1CCCC1. The largest absolute Gasteiger partial charge is 0.343 e. The van der Waals surface area contributed by atoms with Gasteiger partial charge < -0.3 is 5.32 Å². The summed E-state index contributed by atoms with van der Waals surface area (Å²) >= 11 is 5.90. The van der Waals surface area contributed by atoms with E-state index in [-0.39, 0.29) is 24.5 Å². The fraction of sp³-hybridized carbons (Fsp3) is 0.429. The summed E-state index contributed by atoms with van der Waals surface area (Å²) in [5.41, 5.74) is 2.71. The van der Waals surface area contributed by atoms with Gasteiger partial charge >= 0.3 is 0 Å². The Bertz CT molecular complexity index is 487.